The SMILES string of the molecule is COC1=C2C3=C(CCC3(C)C)CC2CC1=O. The van der Waals surface area contributed by atoms with Gasteiger partial charge in [0.25, 0.3) is 0 Å². The van der Waals surface area contributed by atoms with E-state index in [4.69, 9.17) is 4.74 Å². The summed E-state index contributed by atoms with van der Waals surface area (Å²) in [5, 5.41) is 0. The van der Waals surface area contributed by atoms with Gasteiger partial charge in [-0.3, -0.25) is 4.79 Å². The first-order valence-electron chi connectivity index (χ1n) is 6.09. The van der Waals surface area contributed by atoms with Crippen molar-refractivity contribution in [3.05, 3.63) is 22.5 Å². The first-order valence-corrected chi connectivity index (χ1v) is 6.09. The number of carbonyl (C=O) groups is 1. The smallest absolute Gasteiger partial charge is 0.198 e. The lowest BCUT2D eigenvalue weighted by atomic mass is 9.80. The minimum Gasteiger partial charge on any atom is -0.493 e. The molecular formula is C14H18O2. The normalized spacial score (nSPS) is 31.2. The second kappa shape index (κ2) is 2.99. The van der Waals surface area contributed by atoms with E-state index in [1.54, 1.807) is 12.7 Å². The van der Waals surface area contributed by atoms with E-state index in [9.17, 15) is 4.79 Å². The van der Waals surface area contributed by atoms with E-state index in [2.05, 4.69) is 13.8 Å². The fourth-order valence-electron chi connectivity index (χ4n) is 3.72. The van der Waals surface area contributed by atoms with E-state index >= 15 is 0 Å². The van der Waals surface area contributed by atoms with Crippen LogP contribution in [0.2, 0.25) is 0 Å². The van der Waals surface area contributed by atoms with Gasteiger partial charge in [-0.25, -0.2) is 0 Å². The number of fused-ring (bicyclic) bond motifs is 2. The largest absolute Gasteiger partial charge is 0.493 e. The highest BCUT2D eigenvalue weighted by atomic mass is 16.5. The summed E-state index contributed by atoms with van der Waals surface area (Å²) < 4.78 is 5.33. The maximum atomic E-state index is 11.8. The van der Waals surface area contributed by atoms with Crippen LogP contribution in [0.1, 0.15) is 39.5 Å². The topological polar surface area (TPSA) is 26.3 Å². The van der Waals surface area contributed by atoms with E-state index in [-0.39, 0.29) is 11.2 Å². The Kier molecular flexibility index (Phi) is 1.90. The van der Waals surface area contributed by atoms with Gasteiger partial charge in [0.15, 0.2) is 11.5 Å². The van der Waals surface area contributed by atoms with E-state index in [1.165, 1.54) is 24.0 Å². The zero-order valence-electron chi connectivity index (χ0n) is 10.2. The summed E-state index contributed by atoms with van der Waals surface area (Å²) >= 11 is 0. The Bertz CT molecular complexity index is 438. The van der Waals surface area contributed by atoms with Crippen molar-refractivity contribution in [3.8, 4) is 0 Å². The molecule has 1 atom stereocenters. The van der Waals surface area contributed by atoms with E-state index in [1.807, 2.05) is 0 Å². The van der Waals surface area contributed by atoms with Gasteiger partial charge in [-0.2, -0.15) is 0 Å². The van der Waals surface area contributed by atoms with Gasteiger partial charge in [-0.15, -0.1) is 0 Å². The summed E-state index contributed by atoms with van der Waals surface area (Å²) in [6.07, 6.45) is 4.21. The molecule has 0 radical (unpaired) electrons. The zero-order valence-corrected chi connectivity index (χ0v) is 10.2. The summed E-state index contributed by atoms with van der Waals surface area (Å²) in [5.74, 6) is 1.30. The summed E-state index contributed by atoms with van der Waals surface area (Å²) in [4.78, 5) is 11.8. The summed E-state index contributed by atoms with van der Waals surface area (Å²) in [6, 6.07) is 0. The Hall–Kier alpha value is -1.05. The molecule has 0 aromatic heterocycles. The highest BCUT2D eigenvalue weighted by Gasteiger charge is 2.47. The van der Waals surface area contributed by atoms with Gasteiger partial charge in [0.2, 0.25) is 0 Å². The van der Waals surface area contributed by atoms with Crippen molar-refractivity contribution in [3.63, 3.8) is 0 Å². The van der Waals surface area contributed by atoms with Crippen LogP contribution < -0.4 is 0 Å². The molecule has 0 heterocycles. The van der Waals surface area contributed by atoms with Crippen LogP contribution in [-0.4, -0.2) is 12.9 Å². The van der Waals surface area contributed by atoms with E-state index < -0.39 is 0 Å². The van der Waals surface area contributed by atoms with Crippen molar-refractivity contribution in [1.29, 1.82) is 0 Å². The van der Waals surface area contributed by atoms with Crippen molar-refractivity contribution >= 4 is 5.78 Å². The highest BCUT2D eigenvalue weighted by Crippen LogP contribution is 2.58. The van der Waals surface area contributed by atoms with Gasteiger partial charge < -0.3 is 4.74 Å². The van der Waals surface area contributed by atoms with Crippen LogP contribution in [0.15, 0.2) is 22.5 Å². The molecule has 16 heavy (non-hydrogen) atoms. The number of ether oxygens (including phenoxy) is 1. The molecule has 0 aliphatic heterocycles. The first kappa shape index (κ1) is 10.1. The molecule has 0 bridgehead atoms. The number of Topliss-reactive ketones (excluding diaryl/α,β-unsaturated/α-hetero) is 1. The monoisotopic (exact) mass is 218 g/mol. The lowest BCUT2D eigenvalue weighted by Crippen LogP contribution is -2.13. The second-order valence-corrected chi connectivity index (χ2v) is 5.84. The van der Waals surface area contributed by atoms with Crippen LogP contribution in [0.4, 0.5) is 0 Å². The number of hydrogen-bond acceptors (Lipinski definition) is 2. The molecule has 0 aromatic carbocycles. The summed E-state index contributed by atoms with van der Waals surface area (Å²) in [6.45, 7) is 4.58. The average Bonchev–Trinajstić information content (AvgIpc) is 2.76. The fraction of sp³-hybridized carbons (Fsp3) is 0.643. The molecule has 0 saturated carbocycles. The molecular weight excluding hydrogens is 200 g/mol. The van der Waals surface area contributed by atoms with Crippen LogP contribution in [0, 0.1) is 11.3 Å². The molecule has 1 unspecified atom stereocenters. The minimum absolute atomic E-state index is 0.205. The maximum Gasteiger partial charge on any atom is 0.198 e. The van der Waals surface area contributed by atoms with Crippen LogP contribution in [0.25, 0.3) is 0 Å². The summed E-state index contributed by atoms with van der Waals surface area (Å²) in [7, 11) is 1.63. The molecule has 0 saturated heterocycles. The number of ketones is 1. The van der Waals surface area contributed by atoms with Crippen molar-refractivity contribution in [2.75, 3.05) is 7.11 Å². The van der Waals surface area contributed by atoms with Crippen molar-refractivity contribution < 1.29 is 9.53 Å². The number of carbonyl (C=O) groups excluding carboxylic acids is 1. The molecule has 2 heteroatoms. The molecule has 3 aliphatic carbocycles. The highest BCUT2D eigenvalue weighted by molar-refractivity contribution is 5.99. The molecule has 0 aromatic rings. The zero-order chi connectivity index (χ0) is 11.5. The fourth-order valence-corrected chi connectivity index (χ4v) is 3.72. The van der Waals surface area contributed by atoms with Crippen molar-refractivity contribution in [1.82, 2.24) is 0 Å². The van der Waals surface area contributed by atoms with Gasteiger partial charge in [0, 0.05) is 12.0 Å². The molecule has 0 fully saturated rings. The average molecular weight is 218 g/mol. The van der Waals surface area contributed by atoms with Gasteiger partial charge in [-0.05, 0) is 36.2 Å². The number of methoxy groups -OCH3 is 1. The minimum atomic E-state index is 0.205. The first-order chi connectivity index (χ1) is 7.54. The Labute approximate surface area is 96.4 Å². The molecule has 86 valence electrons. The third-order valence-electron chi connectivity index (χ3n) is 4.39. The number of rotatable bonds is 1. The maximum absolute atomic E-state index is 11.8. The van der Waals surface area contributed by atoms with Crippen LogP contribution >= 0.6 is 0 Å². The predicted molar refractivity (Wildman–Crippen MR) is 61.8 cm³/mol. The second-order valence-electron chi connectivity index (χ2n) is 5.84. The number of hydrogen-bond donors (Lipinski definition) is 0. The Balaban J connectivity index is 2.15. The molecule has 0 N–H and O–H groups in total. The standard InChI is InChI=1S/C14H18O2/c1-14(2)5-4-8-6-9-7-10(15)13(16-3)11(9)12(8)14/h9H,4-7H2,1-3H3. The Morgan fingerprint density at radius 3 is 2.75 bits per heavy atom. The van der Waals surface area contributed by atoms with Crippen LogP contribution in [-0.2, 0) is 9.53 Å². The quantitative estimate of drug-likeness (QED) is 0.676. The van der Waals surface area contributed by atoms with Crippen molar-refractivity contribution in [2.24, 2.45) is 11.3 Å². The third kappa shape index (κ3) is 1.10. The van der Waals surface area contributed by atoms with E-state index in [0.29, 0.717) is 18.1 Å². The summed E-state index contributed by atoms with van der Waals surface area (Å²) in [5.41, 5.74) is 4.55. The van der Waals surface area contributed by atoms with Gasteiger partial charge in [0.05, 0.1) is 7.11 Å². The lowest BCUT2D eigenvalue weighted by Gasteiger charge is -2.24. The Morgan fingerprint density at radius 1 is 1.31 bits per heavy atom. The van der Waals surface area contributed by atoms with Gasteiger partial charge >= 0.3 is 0 Å². The molecule has 2 nitrogen and oxygen atoms in total. The number of allylic oxidation sites excluding steroid dienone is 4. The van der Waals surface area contributed by atoms with Crippen LogP contribution in [0.5, 0.6) is 0 Å². The van der Waals surface area contributed by atoms with Crippen LogP contribution in [0.3, 0.4) is 0 Å². The predicted octanol–water partition coefficient (Wildman–Crippen LogP) is 3.00. The van der Waals surface area contributed by atoms with Gasteiger partial charge in [0.1, 0.15) is 0 Å². The molecule has 3 aliphatic rings. The Morgan fingerprint density at radius 2 is 2.06 bits per heavy atom. The molecule has 3 rings (SSSR count). The van der Waals surface area contributed by atoms with E-state index in [0.717, 1.165) is 6.42 Å². The third-order valence-corrected chi connectivity index (χ3v) is 4.39. The lowest BCUT2D eigenvalue weighted by molar-refractivity contribution is -0.117. The molecule has 0 spiro atoms. The van der Waals surface area contributed by atoms with Gasteiger partial charge in [-0.1, -0.05) is 19.4 Å². The van der Waals surface area contributed by atoms with Crippen molar-refractivity contribution in [2.45, 2.75) is 39.5 Å². The molecule has 0 amide bonds.